The van der Waals surface area contributed by atoms with E-state index in [1.165, 1.54) is 50.2 Å². The Morgan fingerprint density at radius 1 is 0.909 bits per heavy atom. The molecule has 0 aromatic heterocycles. The van der Waals surface area contributed by atoms with E-state index in [1.54, 1.807) is 7.11 Å². The van der Waals surface area contributed by atoms with E-state index in [0.717, 1.165) is 44.3 Å². The second-order valence-electron chi connectivity index (χ2n) is 12.8. The molecule has 2 aromatic carbocycles. The SMILES string of the molecule is COc1cc(N2CCC3(CCN(C(=O)c4ccc(N5CCN(C6CCCCC6)CC5)cc4)CC3)C2=O)ccc1/C(C=N)=C/N. The number of anilines is 2. The molecule has 1 spiro atoms. The van der Waals surface area contributed by atoms with Crippen molar-refractivity contribution in [2.45, 2.75) is 57.4 Å². The van der Waals surface area contributed by atoms with Gasteiger partial charge in [0.2, 0.25) is 5.91 Å². The predicted octanol–water partition coefficient (Wildman–Crippen LogP) is 4.76. The smallest absolute Gasteiger partial charge is 0.253 e. The molecule has 4 aliphatic rings. The first kappa shape index (κ1) is 30.2. The predicted molar refractivity (Wildman–Crippen MR) is 176 cm³/mol. The Bertz CT molecular complexity index is 1380. The number of carbonyl (C=O) groups is 2. The molecule has 3 saturated heterocycles. The maximum atomic E-state index is 13.8. The number of rotatable bonds is 7. The number of nitrogens with two attached hydrogens (primary N) is 1. The number of likely N-dealkylation sites (tertiary alicyclic amines) is 1. The molecule has 6 rings (SSSR count). The summed E-state index contributed by atoms with van der Waals surface area (Å²) in [6.07, 6.45) is 11.5. The van der Waals surface area contributed by atoms with Crippen LogP contribution in [0.1, 0.15) is 67.3 Å². The fourth-order valence-corrected chi connectivity index (χ4v) is 7.76. The summed E-state index contributed by atoms with van der Waals surface area (Å²) in [5.74, 6) is 0.740. The number of hydrogen-bond donors (Lipinski definition) is 2. The van der Waals surface area contributed by atoms with Crippen LogP contribution in [0.3, 0.4) is 0 Å². The topological polar surface area (TPSA) is 106 Å². The summed E-state index contributed by atoms with van der Waals surface area (Å²) in [6, 6.07) is 14.5. The Morgan fingerprint density at radius 3 is 2.20 bits per heavy atom. The molecule has 44 heavy (non-hydrogen) atoms. The van der Waals surface area contributed by atoms with Crippen LogP contribution in [0.5, 0.6) is 5.75 Å². The van der Waals surface area contributed by atoms with Crippen molar-refractivity contribution in [2.24, 2.45) is 11.1 Å². The number of carbonyl (C=O) groups excluding carboxylic acids is 2. The summed E-state index contributed by atoms with van der Waals surface area (Å²) >= 11 is 0. The quantitative estimate of drug-likeness (QED) is 0.446. The third kappa shape index (κ3) is 5.82. The van der Waals surface area contributed by atoms with Crippen LogP contribution in [0.4, 0.5) is 11.4 Å². The van der Waals surface area contributed by atoms with E-state index in [9.17, 15) is 9.59 Å². The number of amides is 2. The number of ether oxygens (including phenoxy) is 1. The lowest BCUT2D eigenvalue weighted by molar-refractivity contribution is -0.127. The van der Waals surface area contributed by atoms with Crippen LogP contribution < -0.4 is 20.3 Å². The highest BCUT2D eigenvalue weighted by Crippen LogP contribution is 2.44. The highest BCUT2D eigenvalue weighted by atomic mass is 16.5. The van der Waals surface area contributed by atoms with Crippen molar-refractivity contribution in [3.8, 4) is 5.75 Å². The van der Waals surface area contributed by atoms with Gasteiger partial charge in [0, 0.05) is 98.4 Å². The van der Waals surface area contributed by atoms with Gasteiger partial charge in [0.15, 0.2) is 0 Å². The van der Waals surface area contributed by atoms with E-state index in [0.29, 0.717) is 54.9 Å². The number of allylic oxidation sites excluding steroid dienone is 1. The third-order valence-electron chi connectivity index (χ3n) is 10.5. The van der Waals surface area contributed by atoms with Crippen molar-refractivity contribution in [1.82, 2.24) is 9.80 Å². The van der Waals surface area contributed by atoms with Gasteiger partial charge in [-0.2, -0.15) is 0 Å². The molecule has 0 atom stereocenters. The summed E-state index contributed by atoms with van der Waals surface area (Å²) in [7, 11) is 1.58. The standard InChI is InChI=1S/C35H46N6O3/c1-44-32-23-30(11-12-31(32)27(24-36)25-37)41-18-15-35(34(41)43)13-16-40(17-14-35)33(42)26-7-9-29(10-8-26)39-21-19-38(20-22-39)28-5-3-2-4-6-28/h7-12,23-25,28,36H,2-6,13-22,37H2,1H3/b27-25+,36-24?. The number of benzene rings is 2. The first-order valence-corrected chi connectivity index (χ1v) is 16.3. The Morgan fingerprint density at radius 2 is 1.57 bits per heavy atom. The van der Waals surface area contributed by atoms with Crippen molar-refractivity contribution in [3.63, 3.8) is 0 Å². The van der Waals surface area contributed by atoms with Crippen LogP contribution in [-0.4, -0.2) is 86.8 Å². The van der Waals surface area contributed by atoms with E-state index in [2.05, 4.69) is 21.9 Å². The minimum atomic E-state index is -0.441. The lowest BCUT2D eigenvalue weighted by atomic mass is 9.77. The van der Waals surface area contributed by atoms with Crippen molar-refractivity contribution >= 4 is 35.0 Å². The molecule has 0 bridgehead atoms. The number of hydrogen-bond acceptors (Lipinski definition) is 7. The summed E-state index contributed by atoms with van der Waals surface area (Å²) in [5.41, 5.74) is 9.20. The zero-order valence-electron chi connectivity index (χ0n) is 26.0. The van der Waals surface area contributed by atoms with Gasteiger partial charge < -0.3 is 30.6 Å². The van der Waals surface area contributed by atoms with Crippen LogP contribution in [0.25, 0.3) is 5.57 Å². The van der Waals surface area contributed by atoms with Gasteiger partial charge in [0.1, 0.15) is 5.75 Å². The molecule has 3 heterocycles. The largest absolute Gasteiger partial charge is 0.496 e. The highest BCUT2D eigenvalue weighted by Gasteiger charge is 2.49. The molecule has 9 nitrogen and oxygen atoms in total. The molecule has 1 saturated carbocycles. The zero-order chi connectivity index (χ0) is 30.7. The number of piperazine rings is 1. The third-order valence-corrected chi connectivity index (χ3v) is 10.5. The van der Waals surface area contributed by atoms with E-state index in [1.807, 2.05) is 40.1 Å². The normalized spacial score (nSPS) is 21.6. The molecule has 0 unspecified atom stereocenters. The van der Waals surface area contributed by atoms with Gasteiger partial charge >= 0.3 is 0 Å². The van der Waals surface area contributed by atoms with E-state index >= 15 is 0 Å². The van der Waals surface area contributed by atoms with Gasteiger partial charge in [-0.25, -0.2) is 0 Å². The van der Waals surface area contributed by atoms with Gasteiger partial charge in [0.05, 0.1) is 12.5 Å². The average Bonchev–Trinajstić information content (AvgIpc) is 3.40. The first-order valence-electron chi connectivity index (χ1n) is 16.3. The number of piperidine rings is 1. The first-order chi connectivity index (χ1) is 21.5. The van der Waals surface area contributed by atoms with Gasteiger partial charge in [-0.1, -0.05) is 19.3 Å². The maximum absolute atomic E-state index is 13.8. The lowest BCUT2D eigenvalue weighted by Crippen LogP contribution is -2.50. The molecule has 3 aliphatic heterocycles. The molecular formula is C35H46N6O3. The van der Waals surface area contributed by atoms with Crippen molar-refractivity contribution < 1.29 is 14.3 Å². The number of nitrogens with one attached hydrogen (secondary N) is 1. The fourth-order valence-electron chi connectivity index (χ4n) is 7.76. The molecule has 3 N–H and O–H groups in total. The Hall–Kier alpha value is -3.85. The van der Waals surface area contributed by atoms with Crippen LogP contribution in [0.2, 0.25) is 0 Å². The molecule has 1 aliphatic carbocycles. The van der Waals surface area contributed by atoms with Crippen LogP contribution in [0.15, 0.2) is 48.7 Å². The highest BCUT2D eigenvalue weighted by molar-refractivity contribution is 6.09. The minimum Gasteiger partial charge on any atom is -0.496 e. The lowest BCUT2D eigenvalue weighted by Gasteiger charge is -2.41. The van der Waals surface area contributed by atoms with Gasteiger partial charge in [-0.3, -0.25) is 14.5 Å². The Labute approximate surface area is 261 Å². The van der Waals surface area contributed by atoms with Crippen LogP contribution >= 0.6 is 0 Å². The summed E-state index contributed by atoms with van der Waals surface area (Å²) in [5, 5.41) is 7.62. The van der Waals surface area contributed by atoms with E-state index in [4.69, 9.17) is 15.9 Å². The molecular weight excluding hydrogens is 552 g/mol. The zero-order valence-corrected chi connectivity index (χ0v) is 26.0. The summed E-state index contributed by atoms with van der Waals surface area (Å²) in [6.45, 7) is 6.10. The van der Waals surface area contributed by atoms with Gasteiger partial charge in [0.25, 0.3) is 5.91 Å². The Kier molecular flexibility index (Phi) is 8.93. The molecule has 2 aromatic rings. The second kappa shape index (κ2) is 13.0. The second-order valence-corrected chi connectivity index (χ2v) is 12.8. The molecule has 4 fully saturated rings. The van der Waals surface area contributed by atoms with Crippen LogP contribution in [0, 0.1) is 10.8 Å². The minimum absolute atomic E-state index is 0.0473. The van der Waals surface area contributed by atoms with Gasteiger partial charge in [-0.15, -0.1) is 0 Å². The molecule has 234 valence electrons. The van der Waals surface area contributed by atoms with E-state index in [-0.39, 0.29) is 11.8 Å². The summed E-state index contributed by atoms with van der Waals surface area (Å²) in [4.78, 5) is 36.1. The molecule has 9 heteroatoms. The fraction of sp³-hybridized carbons (Fsp3) is 0.514. The number of methoxy groups -OCH3 is 1. The van der Waals surface area contributed by atoms with E-state index < -0.39 is 5.41 Å². The summed E-state index contributed by atoms with van der Waals surface area (Å²) < 4.78 is 5.57. The molecule has 2 amide bonds. The Balaban J connectivity index is 1.04. The number of nitrogens with zero attached hydrogens (tertiary/aromatic N) is 4. The monoisotopic (exact) mass is 598 g/mol. The van der Waals surface area contributed by atoms with Crippen molar-refractivity contribution in [1.29, 1.82) is 5.41 Å². The van der Waals surface area contributed by atoms with Crippen molar-refractivity contribution in [2.75, 3.05) is 62.7 Å². The molecule has 0 radical (unpaired) electrons. The van der Waals surface area contributed by atoms with Crippen LogP contribution in [-0.2, 0) is 4.79 Å². The van der Waals surface area contributed by atoms with Crippen molar-refractivity contribution in [3.05, 3.63) is 59.8 Å². The maximum Gasteiger partial charge on any atom is 0.253 e. The van der Waals surface area contributed by atoms with Gasteiger partial charge in [-0.05, 0) is 68.5 Å². The average molecular weight is 599 g/mol.